The first-order valence-electron chi connectivity index (χ1n) is 8.83. The van der Waals surface area contributed by atoms with Crippen molar-refractivity contribution in [1.29, 1.82) is 0 Å². The highest BCUT2D eigenvalue weighted by molar-refractivity contribution is 5.80. The van der Waals surface area contributed by atoms with E-state index in [1.807, 2.05) is 7.05 Å². The van der Waals surface area contributed by atoms with Gasteiger partial charge in [-0.15, -0.1) is 0 Å². The van der Waals surface area contributed by atoms with Crippen molar-refractivity contribution in [3.05, 3.63) is 10.4 Å². The van der Waals surface area contributed by atoms with Crippen LogP contribution in [0.2, 0.25) is 0 Å². The van der Waals surface area contributed by atoms with E-state index in [0.29, 0.717) is 24.3 Å². The molecule has 0 aromatic heterocycles. The van der Waals surface area contributed by atoms with Gasteiger partial charge in [0.1, 0.15) is 0 Å². The Kier molecular flexibility index (Phi) is 4.28. The summed E-state index contributed by atoms with van der Waals surface area (Å²) in [5.41, 5.74) is 1.12. The van der Waals surface area contributed by atoms with Crippen LogP contribution in [0.5, 0.6) is 0 Å². The summed E-state index contributed by atoms with van der Waals surface area (Å²) in [4.78, 5) is 0. The van der Waals surface area contributed by atoms with Gasteiger partial charge >= 0.3 is 0 Å². The van der Waals surface area contributed by atoms with Crippen LogP contribution >= 0.6 is 0 Å². The van der Waals surface area contributed by atoms with Gasteiger partial charge in [-0.2, -0.15) is 0 Å². The van der Waals surface area contributed by atoms with Crippen molar-refractivity contribution in [2.24, 2.45) is 17.8 Å². The first-order chi connectivity index (χ1) is 9.97. The van der Waals surface area contributed by atoms with E-state index in [1.165, 1.54) is 24.0 Å². The lowest BCUT2D eigenvalue weighted by Crippen LogP contribution is -2.58. The summed E-state index contributed by atoms with van der Waals surface area (Å²) >= 11 is 0. The zero-order valence-corrected chi connectivity index (χ0v) is 13.6. The number of quaternary nitrogens is 1. The molecule has 5 atom stereocenters. The lowest BCUT2D eigenvalue weighted by atomic mass is 9.66. The second kappa shape index (κ2) is 5.88. The number of hydrogen-bond acceptors (Lipinski definition) is 2. The molecule has 21 heavy (non-hydrogen) atoms. The van der Waals surface area contributed by atoms with Crippen molar-refractivity contribution in [1.82, 2.24) is 0 Å². The lowest BCUT2D eigenvalue weighted by molar-refractivity contribution is -0.898. The van der Waals surface area contributed by atoms with Gasteiger partial charge in [-0.1, -0.05) is 6.92 Å². The number of likely N-dealkylation sites (tertiary alicyclic amines) is 1. The van der Waals surface area contributed by atoms with Crippen LogP contribution in [0.25, 0.3) is 0 Å². The van der Waals surface area contributed by atoms with Gasteiger partial charge in [-0.3, -0.25) is 0 Å². The molecule has 0 spiro atoms. The molecule has 4 nitrogen and oxygen atoms in total. The van der Waals surface area contributed by atoms with Crippen LogP contribution < -0.4 is 0 Å². The van der Waals surface area contributed by atoms with Crippen LogP contribution in [0.1, 0.15) is 58.3 Å². The third-order valence-electron chi connectivity index (χ3n) is 6.22. The Morgan fingerprint density at radius 3 is 2.81 bits per heavy atom. The zero-order valence-electron chi connectivity index (χ0n) is 13.6. The summed E-state index contributed by atoms with van der Waals surface area (Å²) in [6.45, 7) is 3.75. The molecule has 0 bridgehead atoms. The van der Waals surface area contributed by atoms with Crippen molar-refractivity contribution < 1.29 is 9.39 Å². The van der Waals surface area contributed by atoms with Crippen LogP contribution in [0.15, 0.2) is 0 Å². The molecule has 1 aliphatic carbocycles. The van der Waals surface area contributed by atoms with E-state index >= 15 is 0 Å². The predicted octanol–water partition coefficient (Wildman–Crippen LogP) is 3.28. The fourth-order valence-electron chi connectivity index (χ4n) is 5.16. The SMILES string of the molecule is C[C@@H]1C[C@H](CC2=[N+]([O-])CCCC2)[C@@H]2CCC[N+](C)([O-])[C@@H]2C1. The quantitative estimate of drug-likeness (QED) is 0.446. The summed E-state index contributed by atoms with van der Waals surface area (Å²) in [6, 6.07) is 0.275. The molecule has 0 amide bonds. The van der Waals surface area contributed by atoms with Gasteiger partial charge in [0.05, 0.1) is 19.6 Å². The van der Waals surface area contributed by atoms with E-state index in [9.17, 15) is 10.4 Å². The third-order valence-corrected chi connectivity index (χ3v) is 6.22. The Bertz CT molecular complexity index is 419. The van der Waals surface area contributed by atoms with E-state index in [-0.39, 0.29) is 10.7 Å². The minimum absolute atomic E-state index is 0.0398. The number of hydrogen-bond donors (Lipinski definition) is 0. The van der Waals surface area contributed by atoms with Gasteiger partial charge in [0, 0.05) is 31.6 Å². The highest BCUT2D eigenvalue weighted by Crippen LogP contribution is 2.45. The predicted molar refractivity (Wildman–Crippen MR) is 84.8 cm³/mol. The highest BCUT2D eigenvalue weighted by Gasteiger charge is 2.46. The molecular weight excluding hydrogens is 264 g/mol. The van der Waals surface area contributed by atoms with Gasteiger partial charge in [-0.05, 0) is 37.5 Å². The number of rotatable bonds is 2. The molecule has 0 aromatic rings. The molecule has 1 unspecified atom stereocenters. The van der Waals surface area contributed by atoms with Crippen LogP contribution in [-0.4, -0.2) is 41.3 Å². The first-order valence-corrected chi connectivity index (χ1v) is 8.83. The van der Waals surface area contributed by atoms with Gasteiger partial charge in [0.25, 0.3) is 0 Å². The molecule has 4 heteroatoms. The van der Waals surface area contributed by atoms with Crippen molar-refractivity contribution in [2.45, 2.75) is 64.3 Å². The second-order valence-corrected chi connectivity index (χ2v) is 7.94. The standard InChI is InChI=1S/C17H30N2O2/c1-13-10-14(12-15-6-3-4-8-18(15)20)16-7-5-9-19(2,21)17(16)11-13/h13-14,16-17H,3-12H2,1-2H3/t13-,14-,16+,17-,19?/m1/s1. The zero-order chi connectivity index (χ0) is 15.0. The Balaban J connectivity index is 1.77. The summed E-state index contributed by atoms with van der Waals surface area (Å²) < 4.78 is 1.22. The Morgan fingerprint density at radius 2 is 2.05 bits per heavy atom. The number of piperidine rings is 1. The number of fused-ring (bicyclic) bond motifs is 1. The van der Waals surface area contributed by atoms with E-state index in [1.54, 1.807) is 0 Å². The van der Waals surface area contributed by atoms with Gasteiger partial charge in [0.2, 0.25) is 0 Å². The van der Waals surface area contributed by atoms with E-state index in [4.69, 9.17) is 0 Å². The van der Waals surface area contributed by atoms with E-state index < -0.39 is 0 Å². The van der Waals surface area contributed by atoms with E-state index in [0.717, 1.165) is 44.4 Å². The average Bonchev–Trinajstić information content (AvgIpc) is 2.42. The molecule has 1 saturated carbocycles. The van der Waals surface area contributed by atoms with Gasteiger partial charge < -0.3 is 15.1 Å². The Hall–Kier alpha value is -0.610. The summed E-state index contributed by atoms with van der Waals surface area (Å²) in [5, 5.41) is 24.8. The maximum Gasteiger partial charge on any atom is 0.163 e. The summed E-state index contributed by atoms with van der Waals surface area (Å²) in [7, 11) is 1.87. The van der Waals surface area contributed by atoms with Crippen molar-refractivity contribution in [2.75, 3.05) is 20.1 Å². The normalized spacial score (nSPS) is 44.5. The summed E-state index contributed by atoms with van der Waals surface area (Å²) in [6.07, 6.45) is 8.68. The second-order valence-electron chi connectivity index (χ2n) is 7.94. The van der Waals surface area contributed by atoms with Crippen LogP contribution in [0, 0.1) is 28.2 Å². The highest BCUT2D eigenvalue weighted by atomic mass is 16.5. The largest absolute Gasteiger partial charge is 0.633 e. The van der Waals surface area contributed by atoms with Crippen LogP contribution in [0.3, 0.4) is 0 Å². The van der Waals surface area contributed by atoms with Gasteiger partial charge in [0.15, 0.2) is 12.3 Å². The molecule has 0 N–H and O–H groups in total. The maximum absolute atomic E-state index is 12.8. The Labute approximate surface area is 128 Å². The van der Waals surface area contributed by atoms with Crippen LogP contribution in [0.4, 0.5) is 0 Å². The molecule has 3 rings (SSSR count). The van der Waals surface area contributed by atoms with E-state index in [2.05, 4.69) is 6.92 Å². The Morgan fingerprint density at radius 1 is 1.24 bits per heavy atom. The molecule has 0 aromatic carbocycles. The molecule has 2 aliphatic heterocycles. The lowest BCUT2D eigenvalue weighted by Gasteiger charge is -2.56. The minimum atomic E-state index is -0.0398. The minimum Gasteiger partial charge on any atom is -0.633 e. The molecular formula is C17H30N2O2. The van der Waals surface area contributed by atoms with Gasteiger partial charge in [-0.25, -0.2) is 4.74 Å². The molecule has 3 aliphatic rings. The molecule has 1 saturated heterocycles. The van der Waals surface area contributed by atoms with Crippen molar-refractivity contribution in [3.8, 4) is 0 Å². The summed E-state index contributed by atoms with van der Waals surface area (Å²) in [5.74, 6) is 1.74. The monoisotopic (exact) mass is 294 g/mol. The fourth-order valence-corrected chi connectivity index (χ4v) is 5.16. The van der Waals surface area contributed by atoms with Crippen LogP contribution in [-0.2, 0) is 0 Å². The average molecular weight is 294 g/mol. The number of hydroxylamine groups is 4. The molecule has 2 heterocycles. The van der Waals surface area contributed by atoms with Crippen molar-refractivity contribution >= 4 is 5.71 Å². The maximum atomic E-state index is 12.8. The first kappa shape index (κ1) is 15.3. The molecule has 120 valence electrons. The molecule has 0 radical (unpaired) electrons. The smallest absolute Gasteiger partial charge is 0.163 e. The van der Waals surface area contributed by atoms with Crippen molar-refractivity contribution in [3.63, 3.8) is 0 Å². The fraction of sp³-hybridized carbons (Fsp3) is 0.941. The third kappa shape index (κ3) is 3.11. The molecule has 2 fully saturated rings. The topological polar surface area (TPSA) is 49.1 Å². The number of nitrogens with zero attached hydrogens (tertiary/aromatic N) is 2.